The molecule has 6 heteroatoms. The monoisotopic (exact) mass is 347 g/mol. The van der Waals surface area contributed by atoms with Gasteiger partial charge in [-0.25, -0.2) is 4.39 Å². The first-order chi connectivity index (χ1) is 12.1. The molecule has 0 bridgehead atoms. The fraction of sp³-hybridized carbons (Fsp3) is 0.421. The number of furan rings is 1. The van der Waals surface area contributed by atoms with Crippen molar-refractivity contribution in [3.8, 4) is 0 Å². The average Bonchev–Trinajstić information content (AvgIpc) is 3.10. The Labute approximate surface area is 148 Å². The number of aliphatic imine (C=N–C) groups is 1. The summed E-state index contributed by atoms with van der Waals surface area (Å²) in [4.78, 5) is 4.48. The average molecular weight is 347 g/mol. The first-order valence-electron chi connectivity index (χ1n) is 8.42. The van der Waals surface area contributed by atoms with Gasteiger partial charge < -0.3 is 19.8 Å². The first kappa shape index (κ1) is 19.0. The molecule has 5 nitrogen and oxygen atoms in total. The Bertz CT molecular complexity index is 671. The maximum absolute atomic E-state index is 13.8. The molecule has 0 radical (unpaired) electrons. The molecular weight excluding hydrogens is 321 g/mol. The van der Waals surface area contributed by atoms with Crippen molar-refractivity contribution in [3.05, 3.63) is 59.3 Å². The Balaban J connectivity index is 1.96. The normalized spacial score (nSPS) is 12.9. The van der Waals surface area contributed by atoms with Gasteiger partial charge >= 0.3 is 0 Å². The van der Waals surface area contributed by atoms with Gasteiger partial charge in [0.2, 0.25) is 0 Å². The summed E-state index contributed by atoms with van der Waals surface area (Å²) in [6.45, 7) is 5.50. The molecule has 2 aromatic rings. The van der Waals surface area contributed by atoms with Crippen molar-refractivity contribution in [1.82, 2.24) is 10.6 Å². The molecular formula is C19H26FN3O2. The fourth-order valence-corrected chi connectivity index (χ4v) is 2.33. The molecule has 0 saturated heterocycles. The molecule has 136 valence electrons. The van der Waals surface area contributed by atoms with E-state index in [4.69, 9.17) is 9.15 Å². The summed E-state index contributed by atoms with van der Waals surface area (Å²) in [5.41, 5.74) is 1.51. The van der Waals surface area contributed by atoms with E-state index in [0.29, 0.717) is 31.2 Å². The molecule has 1 aromatic heterocycles. The fourth-order valence-electron chi connectivity index (χ4n) is 2.33. The van der Waals surface area contributed by atoms with E-state index in [1.807, 2.05) is 25.1 Å². The third-order valence-corrected chi connectivity index (χ3v) is 3.86. The lowest BCUT2D eigenvalue weighted by Gasteiger charge is -2.19. The van der Waals surface area contributed by atoms with Gasteiger partial charge in [0, 0.05) is 20.1 Å². The van der Waals surface area contributed by atoms with Gasteiger partial charge in [-0.05, 0) is 43.2 Å². The molecule has 0 spiro atoms. The van der Waals surface area contributed by atoms with E-state index in [1.165, 1.54) is 0 Å². The summed E-state index contributed by atoms with van der Waals surface area (Å²) < 4.78 is 24.2. The summed E-state index contributed by atoms with van der Waals surface area (Å²) in [5, 5.41) is 6.58. The van der Waals surface area contributed by atoms with Crippen LogP contribution in [0.1, 0.15) is 29.9 Å². The number of aryl methyl sites for hydroxylation is 1. The van der Waals surface area contributed by atoms with Gasteiger partial charge in [0.05, 0.1) is 25.5 Å². The Morgan fingerprint density at radius 2 is 2.20 bits per heavy atom. The van der Waals surface area contributed by atoms with Gasteiger partial charge in [0.1, 0.15) is 11.6 Å². The van der Waals surface area contributed by atoms with E-state index in [1.54, 1.807) is 32.4 Å². The van der Waals surface area contributed by atoms with Gasteiger partial charge in [-0.3, -0.25) is 4.99 Å². The lowest BCUT2D eigenvalue weighted by atomic mass is 10.1. The van der Waals surface area contributed by atoms with Crippen molar-refractivity contribution in [3.63, 3.8) is 0 Å². The summed E-state index contributed by atoms with van der Waals surface area (Å²) in [5.74, 6) is 1.38. The van der Waals surface area contributed by atoms with Crippen molar-refractivity contribution in [2.75, 3.05) is 26.8 Å². The van der Waals surface area contributed by atoms with Crippen LogP contribution in [-0.2, 0) is 11.2 Å². The lowest BCUT2D eigenvalue weighted by Crippen LogP contribution is -2.40. The highest BCUT2D eigenvalue weighted by Crippen LogP contribution is 2.16. The van der Waals surface area contributed by atoms with Crippen LogP contribution < -0.4 is 10.6 Å². The minimum Gasteiger partial charge on any atom is -0.469 e. The smallest absolute Gasteiger partial charge is 0.191 e. The number of nitrogens with one attached hydrogen (secondary N) is 2. The standard InChI is InChI=1S/C19H26FN3O2/c1-14-6-7-16(13-18(14)20)15(2)23-19(22-10-12-24-3)21-9-8-17-5-4-11-25-17/h4-7,11,13,15H,8-10,12H2,1-3H3,(H2,21,22,23). The quantitative estimate of drug-likeness (QED) is 0.437. The number of hydrogen-bond donors (Lipinski definition) is 2. The molecule has 0 aliphatic rings. The zero-order chi connectivity index (χ0) is 18.1. The molecule has 1 atom stereocenters. The van der Waals surface area contributed by atoms with E-state index in [2.05, 4.69) is 15.6 Å². The molecule has 0 aliphatic carbocycles. The Morgan fingerprint density at radius 1 is 1.36 bits per heavy atom. The van der Waals surface area contributed by atoms with Crippen LogP contribution in [-0.4, -0.2) is 32.8 Å². The summed E-state index contributed by atoms with van der Waals surface area (Å²) in [7, 11) is 1.64. The van der Waals surface area contributed by atoms with Crippen LogP contribution in [0.4, 0.5) is 4.39 Å². The van der Waals surface area contributed by atoms with Crippen molar-refractivity contribution in [2.45, 2.75) is 26.3 Å². The zero-order valence-electron chi connectivity index (χ0n) is 15.0. The Hall–Kier alpha value is -2.34. The number of rotatable bonds is 8. The molecule has 1 heterocycles. The molecule has 25 heavy (non-hydrogen) atoms. The second-order valence-corrected chi connectivity index (χ2v) is 5.85. The van der Waals surface area contributed by atoms with E-state index >= 15 is 0 Å². The molecule has 2 rings (SSSR count). The Morgan fingerprint density at radius 3 is 2.88 bits per heavy atom. The number of halogens is 1. The van der Waals surface area contributed by atoms with Crippen LogP contribution >= 0.6 is 0 Å². The second-order valence-electron chi connectivity index (χ2n) is 5.85. The molecule has 1 aromatic carbocycles. The van der Waals surface area contributed by atoms with Crippen LogP contribution in [0.5, 0.6) is 0 Å². The maximum Gasteiger partial charge on any atom is 0.191 e. The van der Waals surface area contributed by atoms with E-state index in [-0.39, 0.29) is 11.9 Å². The minimum absolute atomic E-state index is 0.0764. The number of methoxy groups -OCH3 is 1. The summed E-state index contributed by atoms with van der Waals surface area (Å²) >= 11 is 0. The topological polar surface area (TPSA) is 58.8 Å². The third-order valence-electron chi connectivity index (χ3n) is 3.86. The van der Waals surface area contributed by atoms with Gasteiger partial charge in [-0.15, -0.1) is 0 Å². The van der Waals surface area contributed by atoms with Gasteiger partial charge in [-0.1, -0.05) is 12.1 Å². The van der Waals surface area contributed by atoms with E-state index < -0.39 is 0 Å². The van der Waals surface area contributed by atoms with Crippen LogP contribution in [0.15, 0.2) is 46.0 Å². The molecule has 2 N–H and O–H groups in total. The molecule has 0 amide bonds. The highest BCUT2D eigenvalue weighted by Gasteiger charge is 2.10. The summed E-state index contributed by atoms with van der Waals surface area (Å²) in [6.07, 6.45) is 2.42. The Kier molecular flexibility index (Phi) is 7.47. The minimum atomic E-state index is -0.199. The predicted molar refractivity (Wildman–Crippen MR) is 97.3 cm³/mol. The van der Waals surface area contributed by atoms with E-state index in [9.17, 15) is 4.39 Å². The van der Waals surface area contributed by atoms with Crippen LogP contribution in [0.3, 0.4) is 0 Å². The van der Waals surface area contributed by atoms with Gasteiger partial charge in [-0.2, -0.15) is 0 Å². The van der Waals surface area contributed by atoms with Crippen LogP contribution in [0.25, 0.3) is 0 Å². The highest BCUT2D eigenvalue weighted by atomic mass is 19.1. The maximum atomic E-state index is 13.8. The van der Waals surface area contributed by atoms with Gasteiger partial charge in [0.15, 0.2) is 5.96 Å². The molecule has 0 fully saturated rings. The van der Waals surface area contributed by atoms with Crippen LogP contribution in [0, 0.1) is 12.7 Å². The largest absolute Gasteiger partial charge is 0.469 e. The SMILES string of the molecule is COCCN=C(NCCc1ccco1)NC(C)c1ccc(C)c(F)c1. The predicted octanol–water partition coefficient (Wildman–Crippen LogP) is 3.21. The number of benzene rings is 1. The second kappa shape index (κ2) is 9.84. The number of nitrogens with zero attached hydrogens (tertiary/aromatic N) is 1. The molecule has 1 unspecified atom stereocenters. The highest BCUT2D eigenvalue weighted by molar-refractivity contribution is 5.80. The molecule has 0 saturated carbocycles. The zero-order valence-corrected chi connectivity index (χ0v) is 15.0. The number of hydrogen-bond acceptors (Lipinski definition) is 3. The number of ether oxygens (including phenoxy) is 1. The van der Waals surface area contributed by atoms with Crippen molar-refractivity contribution in [1.29, 1.82) is 0 Å². The lowest BCUT2D eigenvalue weighted by molar-refractivity contribution is 0.208. The number of guanidine groups is 1. The first-order valence-corrected chi connectivity index (χ1v) is 8.42. The van der Waals surface area contributed by atoms with E-state index in [0.717, 1.165) is 17.7 Å². The molecule has 0 aliphatic heterocycles. The summed E-state index contributed by atoms with van der Waals surface area (Å²) in [6, 6.07) is 9.00. The van der Waals surface area contributed by atoms with Crippen LogP contribution in [0.2, 0.25) is 0 Å². The van der Waals surface area contributed by atoms with Crippen molar-refractivity contribution in [2.24, 2.45) is 4.99 Å². The van der Waals surface area contributed by atoms with Gasteiger partial charge in [0.25, 0.3) is 0 Å². The van der Waals surface area contributed by atoms with Crippen molar-refractivity contribution >= 4 is 5.96 Å². The third kappa shape index (κ3) is 6.23. The van der Waals surface area contributed by atoms with Crippen molar-refractivity contribution < 1.29 is 13.5 Å².